The Balaban J connectivity index is 1.84. The fourth-order valence-corrected chi connectivity index (χ4v) is 7.28. The zero-order valence-electron chi connectivity index (χ0n) is 16.4. The van der Waals surface area contributed by atoms with Crippen LogP contribution in [0.4, 0.5) is 0 Å². The predicted molar refractivity (Wildman–Crippen MR) is 124 cm³/mol. The largest absolute Gasteiger partial charge is 0.313 e. The smallest absolute Gasteiger partial charge is 0.146 e. The third-order valence-corrected chi connectivity index (χ3v) is 8.95. The van der Waals surface area contributed by atoms with Crippen molar-refractivity contribution in [3.63, 3.8) is 0 Å². The van der Waals surface area contributed by atoms with E-state index in [0.717, 1.165) is 23.5 Å². The third kappa shape index (κ3) is 4.42. The van der Waals surface area contributed by atoms with Gasteiger partial charge in [-0.15, -0.1) is 0 Å². The van der Waals surface area contributed by atoms with Gasteiger partial charge in [0.2, 0.25) is 0 Å². The van der Waals surface area contributed by atoms with Crippen molar-refractivity contribution in [2.75, 3.05) is 0 Å². The van der Waals surface area contributed by atoms with Gasteiger partial charge >= 0.3 is 0 Å². The van der Waals surface area contributed by atoms with Crippen molar-refractivity contribution in [2.45, 2.75) is 18.5 Å². The third-order valence-electron chi connectivity index (χ3n) is 5.42. The maximum absolute atomic E-state index is 14.9. The summed E-state index contributed by atoms with van der Waals surface area (Å²) in [5, 5.41) is 1.87. The molecule has 0 aliphatic carbocycles. The molecule has 0 aromatic heterocycles. The predicted octanol–water partition coefficient (Wildman–Crippen LogP) is 5.85. The molecule has 0 unspecified atom stereocenters. The first-order chi connectivity index (χ1) is 14.3. The van der Waals surface area contributed by atoms with E-state index in [1.807, 2.05) is 72.8 Å². The van der Waals surface area contributed by atoms with Gasteiger partial charge in [0.15, 0.2) is 0 Å². The highest BCUT2D eigenvalue weighted by Crippen LogP contribution is 2.51. The van der Waals surface area contributed by atoms with Gasteiger partial charge in [0.1, 0.15) is 7.14 Å². The van der Waals surface area contributed by atoms with Crippen molar-refractivity contribution in [3.05, 3.63) is 132 Å². The lowest BCUT2D eigenvalue weighted by Gasteiger charge is -2.29. The van der Waals surface area contributed by atoms with E-state index in [2.05, 4.69) is 48.5 Å². The van der Waals surface area contributed by atoms with E-state index < -0.39 is 7.14 Å². The van der Waals surface area contributed by atoms with Crippen molar-refractivity contribution in [3.8, 4) is 0 Å². The van der Waals surface area contributed by atoms with E-state index >= 15 is 0 Å². The molecule has 0 amide bonds. The minimum atomic E-state index is -2.87. The van der Waals surface area contributed by atoms with Gasteiger partial charge in [-0.1, -0.05) is 121 Å². The Morgan fingerprint density at radius 2 is 0.793 bits per heavy atom. The maximum Gasteiger partial charge on any atom is 0.146 e. The monoisotopic (exact) mass is 396 g/mol. The topological polar surface area (TPSA) is 17.1 Å². The molecule has 0 saturated heterocycles. The minimum absolute atomic E-state index is 0.0166. The van der Waals surface area contributed by atoms with Gasteiger partial charge < -0.3 is 4.57 Å². The zero-order chi connectivity index (χ0) is 19.9. The van der Waals surface area contributed by atoms with E-state index in [1.54, 1.807) is 0 Å². The lowest BCUT2D eigenvalue weighted by molar-refractivity contribution is 0.574. The summed E-state index contributed by atoms with van der Waals surface area (Å²) in [4.78, 5) is 0. The first-order valence-corrected chi connectivity index (χ1v) is 11.8. The maximum atomic E-state index is 14.9. The number of benzene rings is 4. The Morgan fingerprint density at radius 1 is 0.483 bits per heavy atom. The molecule has 4 aromatic rings. The second kappa shape index (κ2) is 9.07. The van der Waals surface area contributed by atoms with Crippen LogP contribution in [-0.4, -0.2) is 5.66 Å². The zero-order valence-corrected chi connectivity index (χ0v) is 17.3. The quantitative estimate of drug-likeness (QED) is 0.358. The molecular weight excluding hydrogens is 371 g/mol. The second-order valence-electron chi connectivity index (χ2n) is 7.36. The van der Waals surface area contributed by atoms with Crippen molar-refractivity contribution >= 4 is 17.8 Å². The average Bonchev–Trinajstić information content (AvgIpc) is 2.81. The Labute approximate surface area is 173 Å². The molecule has 144 valence electrons. The fraction of sp³-hybridized carbons (Fsp3) is 0.111. The van der Waals surface area contributed by atoms with Crippen molar-refractivity contribution in [2.24, 2.45) is 0 Å². The molecular formula is C27H25OP. The number of rotatable bonds is 7. The van der Waals surface area contributed by atoms with E-state index in [-0.39, 0.29) is 5.66 Å². The summed E-state index contributed by atoms with van der Waals surface area (Å²) >= 11 is 0. The lowest BCUT2D eigenvalue weighted by atomic mass is 10.0. The van der Waals surface area contributed by atoms with Gasteiger partial charge in [-0.3, -0.25) is 0 Å². The summed E-state index contributed by atoms with van der Waals surface area (Å²) in [5.41, 5.74) is 2.43. The summed E-state index contributed by atoms with van der Waals surface area (Å²) in [6, 6.07) is 40.9. The molecule has 0 radical (unpaired) electrons. The van der Waals surface area contributed by atoms with Crippen LogP contribution in [0.3, 0.4) is 0 Å². The van der Waals surface area contributed by atoms with Crippen LogP contribution in [0.2, 0.25) is 0 Å². The summed E-state index contributed by atoms with van der Waals surface area (Å²) in [5.74, 6) is 0. The molecule has 0 heterocycles. The van der Waals surface area contributed by atoms with Gasteiger partial charge in [0.05, 0.1) is 0 Å². The SMILES string of the molecule is O=P(c1ccccc1)(c1ccccc1)C(Cc1ccccc1)Cc1ccccc1. The Hall–Kier alpha value is -2.89. The standard InChI is InChI=1S/C27H25OP/c28-29(25-17-9-3-10-18-25,26-19-11-4-12-20-26)27(21-23-13-5-1-6-14-23)22-24-15-7-2-8-16-24/h1-20,27H,21-22H2. The molecule has 4 rings (SSSR count). The van der Waals surface area contributed by atoms with Crippen LogP contribution in [0.1, 0.15) is 11.1 Å². The van der Waals surface area contributed by atoms with Crippen LogP contribution in [-0.2, 0) is 17.4 Å². The van der Waals surface area contributed by atoms with E-state index in [9.17, 15) is 4.57 Å². The molecule has 0 saturated carbocycles. The average molecular weight is 396 g/mol. The lowest BCUT2D eigenvalue weighted by Crippen LogP contribution is -2.29. The molecule has 0 fully saturated rings. The second-order valence-corrected chi connectivity index (χ2v) is 10.4. The van der Waals surface area contributed by atoms with Crippen molar-refractivity contribution in [1.82, 2.24) is 0 Å². The minimum Gasteiger partial charge on any atom is -0.313 e. The van der Waals surface area contributed by atoms with Crippen LogP contribution in [0.25, 0.3) is 0 Å². The first-order valence-electron chi connectivity index (χ1n) is 10.1. The van der Waals surface area contributed by atoms with Crippen molar-refractivity contribution in [1.29, 1.82) is 0 Å². The molecule has 2 heteroatoms. The normalized spacial score (nSPS) is 11.5. The number of hydrogen-bond donors (Lipinski definition) is 0. The molecule has 0 aliphatic rings. The first kappa shape index (κ1) is 19.4. The van der Waals surface area contributed by atoms with Crippen LogP contribution in [0, 0.1) is 0 Å². The van der Waals surface area contributed by atoms with Crippen LogP contribution in [0.5, 0.6) is 0 Å². The van der Waals surface area contributed by atoms with Gasteiger partial charge in [0.25, 0.3) is 0 Å². The van der Waals surface area contributed by atoms with Crippen molar-refractivity contribution < 1.29 is 4.57 Å². The highest BCUT2D eigenvalue weighted by Gasteiger charge is 2.36. The molecule has 29 heavy (non-hydrogen) atoms. The summed E-state index contributed by atoms with van der Waals surface area (Å²) in [6.45, 7) is 0. The molecule has 4 aromatic carbocycles. The molecule has 0 N–H and O–H groups in total. The Bertz CT molecular complexity index is 976. The van der Waals surface area contributed by atoms with Crippen LogP contribution in [0.15, 0.2) is 121 Å². The van der Waals surface area contributed by atoms with Crippen LogP contribution < -0.4 is 10.6 Å². The van der Waals surface area contributed by atoms with E-state index in [0.29, 0.717) is 0 Å². The van der Waals surface area contributed by atoms with Gasteiger partial charge in [-0.25, -0.2) is 0 Å². The molecule has 0 spiro atoms. The summed E-state index contributed by atoms with van der Waals surface area (Å²) < 4.78 is 14.9. The highest BCUT2D eigenvalue weighted by molar-refractivity contribution is 7.79. The molecule has 1 nitrogen and oxygen atoms in total. The van der Waals surface area contributed by atoms with Gasteiger partial charge in [-0.05, 0) is 24.0 Å². The fourth-order valence-electron chi connectivity index (χ4n) is 3.97. The summed E-state index contributed by atoms with van der Waals surface area (Å²) in [7, 11) is -2.87. The summed E-state index contributed by atoms with van der Waals surface area (Å²) in [6.07, 6.45) is 1.55. The number of hydrogen-bond acceptors (Lipinski definition) is 1. The Morgan fingerprint density at radius 3 is 1.14 bits per heavy atom. The van der Waals surface area contributed by atoms with E-state index in [4.69, 9.17) is 0 Å². The molecule has 0 bridgehead atoms. The molecule has 0 aliphatic heterocycles. The molecule has 0 atom stereocenters. The van der Waals surface area contributed by atoms with E-state index in [1.165, 1.54) is 11.1 Å². The van der Waals surface area contributed by atoms with Gasteiger partial charge in [0, 0.05) is 16.3 Å². The van der Waals surface area contributed by atoms with Crippen LogP contribution >= 0.6 is 7.14 Å². The highest BCUT2D eigenvalue weighted by atomic mass is 31.2. The van der Waals surface area contributed by atoms with Gasteiger partial charge in [-0.2, -0.15) is 0 Å². The Kier molecular flexibility index (Phi) is 6.08.